The number of hydrogen-bond acceptors (Lipinski definition) is 4. The molecule has 2 unspecified atom stereocenters. The van der Waals surface area contributed by atoms with Crippen LogP contribution in [0.2, 0.25) is 0 Å². The van der Waals surface area contributed by atoms with Crippen molar-refractivity contribution >= 4 is 10.0 Å². The zero-order valence-corrected chi connectivity index (χ0v) is 11.3. The van der Waals surface area contributed by atoms with Gasteiger partial charge in [0.1, 0.15) is 4.90 Å². The molecule has 0 aromatic carbocycles. The summed E-state index contributed by atoms with van der Waals surface area (Å²) < 4.78 is 26.8. The van der Waals surface area contributed by atoms with E-state index < -0.39 is 10.0 Å². The fourth-order valence-corrected chi connectivity index (χ4v) is 3.24. The Balaban J connectivity index is 2.98. The van der Waals surface area contributed by atoms with Crippen molar-refractivity contribution < 1.29 is 13.5 Å². The second-order valence-electron chi connectivity index (χ2n) is 4.33. The number of aromatic amines is 1. The van der Waals surface area contributed by atoms with Gasteiger partial charge in [0.2, 0.25) is 10.0 Å². The first-order chi connectivity index (χ1) is 7.79. The molecule has 1 aromatic rings. The highest BCUT2D eigenvalue weighted by atomic mass is 32.2. The molecular formula is C10H19N3O3S. The summed E-state index contributed by atoms with van der Waals surface area (Å²) in [5.74, 6) is -0.141. The van der Waals surface area contributed by atoms with Crippen molar-refractivity contribution in [1.29, 1.82) is 0 Å². The number of nitrogens with one attached hydrogen (secondary N) is 2. The van der Waals surface area contributed by atoms with Gasteiger partial charge in [-0.2, -0.15) is 5.10 Å². The summed E-state index contributed by atoms with van der Waals surface area (Å²) in [4.78, 5) is 0.189. The second kappa shape index (κ2) is 5.16. The lowest BCUT2D eigenvalue weighted by atomic mass is 10.1. The van der Waals surface area contributed by atoms with Gasteiger partial charge in [-0.25, -0.2) is 13.1 Å². The largest absolute Gasteiger partial charge is 0.396 e. The third-order valence-electron chi connectivity index (χ3n) is 2.81. The third kappa shape index (κ3) is 3.05. The van der Waals surface area contributed by atoms with Crippen molar-refractivity contribution in [2.45, 2.75) is 38.6 Å². The summed E-state index contributed by atoms with van der Waals surface area (Å²) in [6.45, 7) is 6.74. The summed E-state index contributed by atoms with van der Waals surface area (Å²) in [5.41, 5.74) is 0.956. The van der Waals surface area contributed by atoms with Gasteiger partial charge in [-0.05, 0) is 26.7 Å². The van der Waals surface area contributed by atoms with Crippen LogP contribution in [0.15, 0.2) is 4.90 Å². The van der Waals surface area contributed by atoms with E-state index in [0.717, 1.165) is 0 Å². The van der Waals surface area contributed by atoms with Crippen LogP contribution in [-0.2, 0) is 10.0 Å². The van der Waals surface area contributed by atoms with E-state index in [1.54, 1.807) is 27.7 Å². The maximum atomic E-state index is 12.1. The number of aromatic nitrogens is 2. The molecule has 0 radical (unpaired) electrons. The van der Waals surface area contributed by atoms with E-state index in [2.05, 4.69) is 14.9 Å². The monoisotopic (exact) mass is 261 g/mol. The fourth-order valence-electron chi connectivity index (χ4n) is 1.51. The second-order valence-corrected chi connectivity index (χ2v) is 5.98. The zero-order chi connectivity index (χ0) is 13.2. The van der Waals surface area contributed by atoms with Crippen LogP contribution in [0, 0.1) is 19.8 Å². The number of nitrogens with zero attached hydrogens (tertiary/aromatic N) is 1. The van der Waals surface area contributed by atoms with Gasteiger partial charge < -0.3 is 5.11 Å². The molecule has 0 aliphatic rings. The summed E-state index contributed by atoms with van der Waals surface area (Å²) in [7, 11) is -3.59. The molecule has 0 bridgehead atoms. The molecule has 98 valence electrons. The summed E-state index contributed by atoms with van der Waals surface area (Å²) in [6.07, 6.45) is 0. The highest BCUT2D eigenvalue weighted by molar-refractivity contribution is 7.89. The van der Waals surface area contributed by atoms with Crippen LogP contribution in [0.4, 0.5) is 0 Å². The average Bonchev–Trinajstić information content (AvgIpc) is 2.57. The Labute approximate surface area is 101 Å². The quantitative estimate of drug-likeness (QED) is 0.711. The third-order valence-corrected chi connectivity index (χ3v) is 4.63. The summed E-state index contributed by atoms with van der Waals surface area (Å²) in [5, 5.41) is 15.5. The molecule has 0 fully saturated rings. The molecule has 0 spiro atoms. The molecule has 7 heteroatoms. The number of aryl methyl sites for hydroxylation is 2. The number of aliphatic hydroxyl groups is 1. The van der Waals surface area contributed by atoms with Crippen LogP contribution in [0.3, 0.4) is 0 Å². The molecule has 3 N–H and O–H groups in total. The zero-order valence-electron chi connectivity index (χ0n) is 10.5. The van der Waals surface area contributed by atoms with Gasteiger partial charge in [-0.15, -0.1) is 0 Å². The molecular weight excluding hydrogens is 242 g/mol. The molecule has 1 heterocycles. The molecule has 17 heavy (non-hydrogen) atoms. The van der Waals surface area contributed by atoms with Gasteiger partial charge in [0, 0.05) is 12.6 Å². The normalized spacial score (nSPS) is 15.8. The highest BCUT2D eigenvalue weighted by Crippen LogP contribution is 2.17. The van der Waals surface area contributed by atoms with Gasteiger partial charge in [0.25, 0.3) is 0 Å². The van der Waals surface area contributed by atoms with Crippen LogP contribution in [0.25, 0.3) is 0 Å². The Bertz CT molecular complexity index is 461. The lowest BCUT2D eigenvalue weighted by molar-refractivity contribution is 0.216. The van der Waals surface area contributed by atoms with Crippen LogP contribution in [-0.4, -0.2) is 36.4 Å². The average molecular weight is 261 g/mol. The fraction of sp³-hybridized carbons (Fsp3) is 0.700. The maximum Gasteiger partial charge on any atom is 0.244 e. The molecule has 0 aliphatic heterocycles. The van der Waals surface area contributed by atoms with Crippen LogP contribution < -0.4 is 4.72 Å². The first-order valence-electron chi connectivity index (χ1n) is 5.44. The minimum absolute atomic E-state index is 0.0625. The molecule has 0 saturated carbocycles. The van der Waals surface area contributed by atoms with Crippen molar-refractivity contribution in [3.05, 3.63) is 11.4 Å². The van der Waals surface area contributed by atoms with Gasteiger partial charge in [-0.1, -0.05) is 6.92 Å². The lowest BCUT2D eigenvalue weighted by Crippen LogP contribution is -2.38. The van der Waals surface area contributed by atoms with Gasteiger partial charge in [-0.3, -0.25) is 5.10 Å². The van der Waals surface area contributed by atoms with Crippen molar-refractivity contribution in [3.63, 3.8) is 0 Å². The number of rotatable bonds is 5. The van der Waals surface area contributed by atoms with Crippen LogP contribution in [0.1, 0.15) is 25.2 Å². The SMILES string of the molecule is Cc1n[nH]c(C)c1S(=O)(=O)NC(C)C(C)CO. The van der Waals surface area contributed by atoms with E-state index in [-0.39, 0.29) is 23.5 Å². The molecule has 0 aliphatic carbocycles. The van der Waals surface area contributed by atoms with E-state index in [4.69, 9.17) is 5.11 Å². The number of H-pyrrole nitrogens is 1. The van der Waals surface area contributed by atoms with E-state index in [0.29, 0.717) is 11.4 Å². The first-order valence-corrected chi connectivity index (χ1v) is 6.92. The standard InChI is InChI=1S/C10H19N3O3S/c1-6(5-14)7(2)13-17(15,16)10-8(3)11-12-9(10)4/h6-7,13-14H,5H2,1-4H3,(H,11,12). The topological polar surface area (TPSA) is 95.1 Å². The Hall–Kier alpha value is -0.920. The maximum absolute atomic E-state index is 12.1. The minimum atomic E-state index is -3.59. The summed E-state index contributed by atoms with van der Waals surface area (Å²) in [6, 6.07) is -0.335. The van der Waals surface area contributed by atoms with Crippen LogP contribution in [0.5, 0.6) is 0 Å². The van der Waals surface area contributed by atoms with E-state index in [9.17, 15) is 8.42 Å². The first kappa shape index (κ1) is 14.1. The predicted octanol–water partition coefficient (Wildman–Crippen LogP) is 0.322. The van der Waals surface area contributed by atoms with E-state index in [1.807, 2.05) is 0 Å². The Morgan fingerprint density at radius 3 is 2.41 bits per heavy atom. The number of aliphatic hydroxyl groups excluding tert-OH is 1. The molecule has 0 amide bonds. The molecule has 6 nitrogen and oxygen atoms in total. The minimum Gasteiger partial charge on any atom is -0.396 e. The number of sulfonamides is 1. The highest BCUT2D eigenvalue weighted by Gasteiger charge is 2.25. The van der Waals surface area contributed by atoms with Gasteiger partial charge in [0.15, 0.2) is 0 Å². The Morgan fingerprint density at radius 2 is 2.00 bits per heavy atom. The smallest absolute Gasteiger partial charge is 0.244 e. The molecule has 1 rings (SSSR count). The molecule has 1 aromatic heterocycles. The Morgan fingerprint density at radius 1 is 1.41 bits per heavy atom. The van der Waals surface area contributed by atoms with Crippen molar-refractivity contribution in [3.8, 4) is 0 Å². The van der Waals surface area contributed by atoms with E-state index in [1.165, 1.54) is 0 Å². The molecule has 2 atom stereocenters. The Kier molecular flexibility index (Phi) is 4.29. The van der Waals surface area contributed by atoms with E-state index >= 15 is 0 Å². The van der Waals surface area contributed by atoms with Crippen molar-refractivity contribution in [2.75, 3.05) is 6.61 Å². The molecule has 0 saturated heterocycles. The van der Waals surface area contributed by atoms with Crippen LogP contribution >= 0.6 is 0 Å². The van der Waals surface area contributed by atoms with Gasteiger partial charge in [0.05, 0.1) is 11.4 Å². The summed E-state index contributed by atoms with van der Waals surface area (Å²) >= 11 is 0. The predicted molar refractivity (Wildman–Crippen MR) is 64.1 cm³/mol. The van der Waals surface area contributed by atoms with Gasteiger partial charge >= 0.3 is 0 Å². The van der Waals surface area contributed by atoms with Crippen molar-refractivity contribution in [2.24, 2.45) is 5.92 Å². The number of hydrogen-bond donors (Lipinski definition) is 3. The lowest BCUT2D eigenvalue weighted by Gasteiger charge is -2.19. The van der Waals surface area contributed by atoms with Crippen molar-refractivity contribution in [1.82, 2.24) is 14.9 Å².